The topological polar surface area (TPSA) is 46.5 Å². The molecule has 0 rings (SSSR count). The molecule has 0 saturated heterocycles. The average Bonchev–Trinajstić information content (AvgIpc) is 1.65. The minimum Gasteiger partial charge on any atom is -0.301 e. The normalized spacial score (nSPS) is 8.00. The molecule has 0 bridgehead atoms. The van der Waals surface area contributed by atoms with E-state index in [0.717, 1.165) is 0 Å². The standard InChI is InChI=1S/C4H8O3.K/c1-3(2)4(5)7-6;/h3,6H,1-2H3;. The van der Waals surface area contributed by atoms with E-state index in [9.17, 15) is 4.79 Å². The summed E-state index contributed by atoms with van der Waals surface area (Å²) in [6, 6.07) is 0. The Kier molecular flexibility index (Phi) is 9.14. The Morgan fingerprint density at radius 1 is 1.62 bits per heavy atom. The third-order valence-corrected chi connectivity index (χ3v) is 0.561. The average molecular weight is 143 g/mol. The molecule has 43 valence electrons. The van der Waals surface area contributed by atoms with Crippen LogP contribution < -0.4 is 0 Å². The van der Waals surface area contributed by atoms with Gasteiger partial charge in [-0.25, -0.2) is 4.79 Å². The summed E-state index contributed by atoms with van der Waals surface area (Å²) in [6.45, 7) is 3.27. The van der Waals surface area contributed by atoms with Gasteiger partial charge in [-0.1, -0.05) is 13.8 Å². The van der Waals surface area contributed by atoms with Gasteiger partial charge in [-0.15, -0.1) is 0 Å². The molecule has 0 fully saturated rings. The van der Waals surface area contributed by atoms with Crippen molar-refractivity contribution in [1.82, 2.24) is 0 Å². The van der Waals surface area contributed by atoms with Crippen LogP contribution in [0.4, 0.5) is 0 Å². The molecule has 8 heavy (non-hydrogen) atoms. The van der Waals surface area contributed by atoms with Gasteiger partial charge < -0.3 is 4.89 Å². The summed E-state index contributed by atoms with van der Waals surface area (Å²) in [6.07, 6.45) is 0. The fraction of sp³-hybridized carbons (Fsp3) is 0.750. The predicted molar refractivity (Wildman–Crippen MR) is 29.3 cm³/mol. The Morgan fingerprint density at radius 3 is 2.00 bits per heavy atom. The minimum atomic E-state index is -0.597. The molecule has 0 atom stereocenters. The smallest absolute Gasteiger partial charge is 0.301 e. The Hall–Kier alpha value is 1.07. The molecule has 1 N–H and O–H groups in total. The monoisotopic (exact) mass is 143 g/mol. The van der Waals surface area contributed by atoms with Crippen LogP contribution >= 0.6 is 0 Å². The van der Waals surface area contributed by atoms with E-state index in [-0.39, 0.29) is 57.3 Å². The van der Waals surface area contributed by atoms with Crippen molar-refractivity contribution < 1.29 is 14.9 Å². The molecule has 0 heterocycles. The molecule has 0 unspecified atom stereocenters. The van der Waals surface area contributed by atoms with Gasteiger partial charge in [0.2, 0.25) is 0 Å². The van der Waals surface area contributed by atoms with Gasteiger partial charge in [0, 0.05) is 51.4 Å². The van der Waals surface area contributed by atoms with E-state index in [1.165, 1.54) is 0 Å². The van der Waals surface area contributed by atoms with Crippen LogP contribution in [0.1, 0.15) is 13.8 Å². The summed E-state index contributed by atoms with van der Waals surface area (Å²) in [5, 5.41) is 7.66. The number of carbonyl (C=O) groups is 1. The SMILES string of the molecule is CC(C)C(=O)OO.[K]. The Labute approximate surface area is 90.8 Å². The number of hydrogen-bond acceptors (Lipinski definition) is 3. The molecule has 0 aromatic rings. The quantitative estimate of drug-likeness (QED) is 0.326. The van der Waals surface area contributed by atoms with Crippen molar-refractivity contribution in [2.45, 2.75) is 13.8 Å². The van der Waals surface area contributed by atoms with Crippen molar-refractivity contribution in [2.24, 2.45) is 5.92 Å². The summed E-state index contributed by atoms with van der Waals surface area (Å²) in [7, 11) is 0. The third kappa shape index (κ3) is 5.21. The van der Waals surface area contributed by atoms with Crippen molar-refractivity contribution in [3.8, 4) is 0 Å². The molecule has 0 aromatic heterocycles. The van der Waals surface area contributed by atoms with Crippen LogP contribution in [0.15, 0.2) is 0 Å². The summed E-state index contributed by atoms with van der Waals surface area (Å²) in [5.74, 6) is -0.843. The molecule has 1 radical (unpaired) electrons. The third-order valence-electron chi connectivity index (χ3n) is 0.561. The fourth-order valence-electron chi connectivity index (χ4n) is 0.105. The molecule has 0 aliphatic heterocycles. The molecule has 0 amide bonds. The fourth-order valence-corrected chi connectivity index (χ4v) is 0.105. The predicted octanol–water partition coefficient (Wildman–Crippen LogP) is 0.278. The van der Waals surface area contributed by atoms with Crippen LogP contribution in [0.25, 0.3) is 0 Å². The molecule has 0 aliphatic carbocycles. The second kappa shape index (κ2) is 6.19. The first-order chi connectivity index (χ1) is 3.18. The van der Waals surface area contributed by atoms with Crippen molar-refractivity contribution in [1.29, 1.82) is 0 Å². The van der Waals surface area contributed by atoms with Crippen LogP contribution in [-0.4, -0.2) is 62.6 Å². The maximum Gasteiger partial charge on any atom is 0.344 e. The minimum absolute atomic E-state index is 0. The van der Waals surface area contributed by atoms with Gasteiger partial charge >= 0.3 is 5.97 Å². The Morgan fingerprint density at radius 2 is 2.00 bits per heavy atom. The zero-order chi connectivity index (χ0) is 5.86. The summed E-state index contributed by atoms with van der Waals surface area (Å²) in [5.41, 5.74) is 0. The van der Waals surface area contributed by atoms with Crippen LogP contribution in [0, 0.1) is 5.92 Å². The van der Waals surface area contributed by atoms with Crippen LogP contribution in [0.5, 0.6) is 0 Å². The Bertz CT molecular complexity index is 71.7. The maximum atomic E-state index is 10.0. The summed E-state index contributed by atoms with van der Waals surface area (Å²) >= 11 is 0. The molecule has 4 heteroatoms. The van der Waals surface area contributed by atoms with Gasteiger partial charge in [-0.3, -0.25) is 0 Å². The number of rotatable bonds is 1. The van der Waals surface area contributed by atoms with Crippen LogP contribution in [0.2, 0.25) is 0 Å². The molecule has 0 saturated carbocycles. The first-order valence-corrected chi connectivity index (χ1v) is 2.03. The van der Waals surface area contributed by atoms with Gasteiger partial charge in [-0.05, 0) is 0 Å². The van der Waals surface area contributed by atoms with Gasteiger partial charge in [0.25, 0.3) is 0 Å². The van der Waals surface area contributed by atoms with Crippen LogP contribution in [-0.2, 0) is 9.68 Å². The second-order valence-electron chi connectivity index (χ2n) is 1.57. The maximum absolute atomic E-state index is 10.0. The molecule has 0 spiro atoms. The van der Waals surface area contributed by atoms with Gasteiger partial charge in [0.05, 0.1) is 5.92 Å². The van der Waals surface area contributed by atoms with Crippen LogP contribution in [0.3, 0.4) is 0 Å². The van der Waals surface area contributed by atoms with Gasteiger partial charge in [0.1, 0.15) is 0 Å². The molecule has 3 nitrogen and oxygen atoms in total. The van der Waals surface area contributed by atoms with Gasteiger partial charge in [-0.2, -0.15) is 5.26 Å². The first kappa shape index (κ1) is 11.8. The van der Waals surface area contributed by atoms with E-state index in [2.05, 4.69) is 4.89 Å². The van der Waals surface area contributed by atoms with E-state index >= 15 is 0 Å². The van der Waals surface area contributed by atoms with E-state index in [1.807, 2.05) is 0 Å². The van der Waals surface area contributed by atoms with E-state index in [1.54, 1.807) is 13.8 Å². The number of carbonyl (C=O) groups excluding carboxylic acids is 1. The molecular formula is C4H8KO3. The molecular weight excluding hydrogens is 135 g/mol. The van der Waals surface area contributed by atoms with Crippen molar-refractivity contribution in [2.75, 3.05) is 0 Å². The Balaban J connectivity index is 0. The van der Waals surface area contributed by atoms with E-state index < -0.39 is 5.97 Å². The molecule has 0 aliphatic rings. The summed E-state index contributed by atoms with van der Waals surface area (Å²) in [4.78, 5) is 13.4. The van der Waals surface area contributed by atoms with Gasteiger partial charge in [0.15, 0.2) is 0 Å². The molecule has 0 aromatic carbocycles. The van der Waals surface area contributed by atoms with Crippen molar-refractivity contribution in [3.05, 3.63) is 0 Å². The summed E-state index contributed by atoms with van der Waals surface area (Å²) < 4.78 is 0. The van der Waals surface area contributed by atoms with E-state index in [4.69, 9.17) is 5.26 Å². The largest absolute Gasteiger partial charge is 0.344 e. The first-order valence-electron chi connectivity index (χ1n) is 2.03. The zero-order valence-electron chi connectivity index (χ0n) is 5.34. The van der Waals surface area contributed by atoms with Crippen molar-refractivity contribution >= 4 is 57.4 Å². The van der Waals surface area contributed by atoms with E-state index in [0.29, 0.717) is 0 Å². The second-order valence-corrected chi connectivity index (χ2v) is 1.57. The van der Waals surface area contributed by atoms with Crippen molar-refractivity contribution in [3.63, 3.8) is 0 Å². The zero-order valence-corrected chi connectivity index (χ0v) is 8.46. The number of hydrogen-bond donors (Lipinski definition) is 1.